The van der Waals surface area contributed by atoms with Crippen molar-refractivity contribution in [2.45, 2.75) is 13.0 Å². The topological polar surface area (TPSA) is 55.8 Å². The molecule has 5 nitrogen and oxygen atoms in total. The molecule has 1 amide bonds. The highest BCUT2D eigenvalue weighted by Gasteiger charge is 2.22. The van der Waals surface area contributed by atoms with Crippen molar-refractivity contribution in [3.05, 3.63) is 90.0 Å². The average Bonchev–Trinajstić information content (AvgIpc) is 2.74. The summed E-state index contributed by atoms with van der Waals surface area (Å²) < 4.78 is 0. The molecule has 1 aliphatic heterocycles. The summed E-state index contributed by atoms with van der Waals surface area (Å²) in [6.45, 7) is 1.64. The van der Waals surface area contributed by atoms with Crippen LogP contribution in [0.25, 0.3) is 0 Å². The Labute approximate surface area is 164 Å². The van der Waals surface area contributed by atoms with Gasteiger partial charge in [-0.25, -0.2) is 0 Å². The summed E-state index contributed by atoms with van der Waals surface area (Å²) in [5.74, 6) is 0.212. The highest BCUT2D eigenvalue weighted by Crippen LogP contribution is 2.27. The number of carbonyl (C=O) groups excluding carboxylic acids is 1. The first-order valence-electron chi connectivity index (χ1n) is 9.42. The van der Waals surface area contributed by atoms with Gasteiger partial charge in [-0.15, -0.1) is 0 Å². The van der Waals surface area contributed by atoms with Crippen LogP contribution in [0, 0.1) is 0 Å². The van der Waals surface area contributed by atoms with E-state index in [1.165, 1.54) is 0 Å². The summed E-state index contributed by atoms with van der Waals surface area (Å²) in [5.41, 5.74) is 6.89. The van der Waals surface area contributed by atoms with E-state index in [1.54, 1.807) is 11.1 Å². The number of carbonyl (C=O) groups is 1. The molecule has 3 aromatic carbocycles. The Morgan fingerprint density at radius 1 is 0.929 bits per heavy atom. The molecule has 4 rings (SSSR count). The fourth-order valence-electron chi connectivity index (χ4n) is 3.55. The number of rotatable bonds is 5. The lowest BCUT2D eigenvalue weighted by Crippen LogP contribution is -2.45. The van der Waals surface area contributed by atoms with E-state index in [4.69, 9.17) is 0 Å². The van der Waals surface area contributed by atoms with Gasteiger partial charge in [0.25, 0.3) is 5.91 Å². The zero-order chi connectivity index (χ0) is 19.3. The third-order valence-electron chi connectivity index (χ3n) is 4.96. The lowest BCUT2D eigenvalue weighted by atomic mass is 9.99. The minimum absolute atomic E-state index is 0.0911. The zero-order valence-electron chi connectivity index (χ0n) is 15.6. The molecule has 0 bridgehead atoms. The van der Waals surface area contributed by atoms with E-state index in [0.717, 1.165) is 35.5 Å². The van der Waals surface area contributed by atoms with Crippen LogP contribution in [0.4, 0.5) is 11.4 Å². The monoisotopic (exact) mass is 373 g/mol. The number of fused-ring (bicyclic) bond motifs is 1. The van der Waals surface area contributed by atoms with Gasteiger partial charge in [0, 0.05) is 18.7 Å². The van der Waals surface area contributed by atoms with Gasteiger partial charge >= 0.3 is 0 Å². The predicted molar refractivity (Wildman–Crippen MR) is 110 cm³/mol. The van der Waals surface area contributed by atoms with Crippen LogP contribution in [0.1, 0.15) is 11.1 Å². The van der Waals surface area contributed by atoms with Gasteiger partial charge in [-0.2, -0.15) is 0 Å². The Kier molecular flexibility index (Phi) is 5.26. The number of phenols is 1. The smallest absolute Gasteiger partial charge is 0.252 e. The van der Waals surface area contributed by atoms with E-state index >= 15 is 0 Å². The summed E-state index contributed by atoms with van der Waals surface area (Å²) in [6, 6.07) is 25.1. The summed E-state index contributed by atoms with van der Waals surface area (Å²) in [4.78, 5) is 14.9. The highest BCUT2D eigenvalue weighted by molar-refractivity contribution is 5.82. The Morgan fingerprint density at radius 3 is 2.21 bits per heavy atom. The van der Waals surface area contributed by atoms with Crippen LogP contribution in [0.3, 0.4) is 0 Å². The molecule has 0 saturated heterocycles. The molecule has 5 heteroatoms. The number of hydrogen-bond acceptors (Lipinski definition) is 4. The second-order valence-electron chi connectivity index (χ2n) is 6.92. The van der Waals surface area contributed by atoms with Gasteiger partial charge in [0.05, 0.1) is 17.9 Å². The second-order valence-corrected chi connectivity index (χ2v) is 6.92. The fraction of sp³-hybridized carbons (Fsp3) is 0.174. The van der Waals surface area contributed by atoms with Crippen molar-refractivity contribution < 1.29 is 9.90 Å². The van der Waals surface area contributed by atoms with Crippen molar-refractivity contribution in [1.82, 2.24) is 10.3 Å². The van der Waals surface area contributed by atoms with Gasteiger partial charge < -0.3 is 5.11 Å². The van der Waals surface area contributed by atoms with Gasteiger partial charge in [0.2, 0.25) is 0 Å². The highest BCUT2D eigenvalue weighted by atomic mass is 16.3. The molecule has 142 valence electrons. The van der Waals surface area contributed by atoms with Crippen LogP contribution in [0.15, 0.2) is 78.9 Å². The number of nitrogens with zero attached hydrogens (tertiary/aromatic N) is 2. The summed E-state index contributed by atoms with van der Waals surface area (Å²) in [5, 5.41) is 11.9. The van der Waals surface area contributed by atoms with Crippen LogP contribution in [0.2, 0.25) is 0 Å². The molecule has 0 spiro atoms. The average molecular weight is 373 g/mol. The summed E-state index contributed by atoms with van der Waals surface area (Å²) in [7, 11) is 0. The van der Waals surface area contributed by atoms with Crippen molar-refractivity contribution in [3.63, 3.8) is 0 Å². The van der Waals surface area contributed by atoms with Crippen LogP contribution in [0.5, 0.6) is 5.75 Å². The minimum Gasteiger partial charge on any atom is -0.508 e. The van der Waals surface area contributed by atoms with Crippen molar-refractivity contribution >= 4 is 17.3 Å². The number of benzene rings is 3. The number of nitrogens with one attached hydrogen (secondary N) is 1. The molecule has 0 unspecified atom stereocenters. The van der Waals surface area contributed by atoms with E-state index in [1.807, 2.05) is 72.8 Å². The van der Waals surface area contributed by atoms with Crippen LogP contribution in [-0.2, 0) is 17.8 Å². The van der Waals surface area contributed by atoms with E-state index in [2.05, 4.69) is 10.3 Å². The number of hydrazine groups is 1. The summed E-state index contributed by atoms with van der Waals surface area (Å²) >= 11 is 0. The number of para-hydroxylation sites is 2. The maximum absolute atomic E-state index is 12.8. The number of anilines is 2. The molecule has 28 heavy (non-hydrogen) atoms. The minimum atomic E-state index is -0.0911. The van der Waals surface area contributed by atoms with Crippen molar-refractivity contribution in [2.75, 3.05) is 18.1 Å². The van der Waals surface area contributed by atoms with E-state index in [-0.39, 0.29) is 12.5 Å². The van der Waals surface area contributed by atoms with E-state index in [9.17, 15) is 9.90 Å². The number of amides is 1. The van der Waals surface area contributed by atoms with Gasteiger partial charge in [-0.3, -0.25) is 20.1 Å². The van der Waals surface area contributed by atoms with E-state index < -0.39 is 0 Å². The maximum atomic E-state index is 12.8. The summed E-state index contributed by atoms with van der Waals surface area (Å²) in [6.07, 6.45) is 0.831. The molecule has 0 aromatic heterocycles. The van der Waals surface area contributed by atoms with Crippen LogP contribution < -0.4 is 10.4 Å². The molecular weight excluding hydrogens is 350 g/mol. The third kappa shape index (κ3) is 4.00. The molecule has 1 aliphatic rings. The van der Waals surface area contributed by atoms with Gasteiger partial charge in [0.1, 0.15) is 5.75 Å². The maximum Gasteiger partial charge on any atom is 0.252 e. The Hall–Kier alpha value is -3.31. The lowest BCUT2D eigenvalue weighted by molar-refractivity contribution is -0.122. The SMILES string of the molecule is O=C(CN1CCc2cccc(O)c2C1)NN(c1ccccc1)c1ccccc1. The molecule has 1 heterocycles. The van der Waals surface area contributed by atoms with Crippen LogP contribution in [-0.4, -0.2) is 29.0 Å². The Morgan fingerprint density at radius 2 is 1.57 bits per heavy atom. The Balaban J connectivity index is 1.48. The zero-order valence-corrected chi connectivity index (χ0v) is 15.6. The molecule has 0 atom stereocenters. The molecule has 2 N–H and O–H groups in total. The van der Waals surface area contributed by atoms with Crippen molar-refractivity contribution in [3.8, 4) is 5.75 Å². The first kappa shape index (κ1) is 18.1. The van der Waals surface area contributed by atoms with Gasteiger partial charge in [-0.05, 0) is 42.3 Å². The van der Waals surface area contributed by atoms with Crippen molar-refractivity contribution in [1.29, 1.82) is 0 Å². The molecule has 0 aliphatic carbocycles. The Bertz CT molecular complexity index is 905. The predicted octanol–water partition coefficient (Wildman–Crippen LogP) is 3.62. The van der Waals surface area contributed by atoms with E-state index in [0.29, 0.717) is 12.3 Å². The molecule has 3 aromatic rings. The number of aromatic hydroxyl groups is 1. The molecular formula is C23H23N3O2. The number of hydrogen-bond donors (Lipinski definition) is 2. The first-order chi connectivity index (χ1) is 13.7. The molecule has 0 saturated carbocycles. The quantitative estimate of drug-likeness (QED) is 0.671. The number of phenolic OH excluding ortho intramolecular Hbond substituents is 1. The van der Waals surface area contributed by atoms with Crippen LogP contribution >= 0.6 is 0 Å². The van der Waals surface area contributed by atoms with Gasteiger partial charge in [0.15, 0.2) is 0 Å². The van der Waals surface area contributed by atoms with Crippen molar-refractivity contribution in [2.24, 2.45) is 0 Å². The van der Waals surface area contributed by atoms with Gasteiger partial charge in [-0.1, -0.05) is 48.5 Å². The molecule has 0 radical (unpaired) electrons. The third-order valence-corrected chi connectivity index (χ3v) is 4.96. The largest absolute Gasteiger partial charge is 0.508 e. The second kappa shape index (κ2) is 8.15. The first-order valence-corrected chi connectivity index (χ1v) is 9.42. The molecule has 0 fully saturated rings. The normalized spacial score (nSPS) is 13.6. The fourth-order valence-corrected chi connectivity index (χ4v) is 3.55. The standard InChI is InChI=1S/C23H23N3O2/c27-22-13-7-8-18-14-15-25(16-21(18)22)17-23(28)24-26(19-9-3-1-4-10-19)20-11-5-2-6-12-20/h1-13,27H,14-17H2,(H,24,28). The lowest BCUT2D eigenvalue weighted by Gasteiger charge is -2.30.